The van der Waals surface area contributed by atoms with Gasteiger partial charge in [0.2, 0.25) is 9.84 Å². The van der Waals surface area contributed by atoms with Crippen LogP contribution in [0.15, 0.2) is 107 Å². The first kappa shape index (κ1) is 30.3. The summed E-state index contributed by atoms with van der Waals surface area (Å²) in [4.78, 5) is 12.3. The molecule has 0 spiro atoms. The SMILES string of the molecule is CCOC(=O)c1cccc(Oc2ccc(S(=O)(=O)c3ccc(C[C@@H](C)NC[C@H](O)c4cccc(Cl)c4)cc3)cc2)c1. The Morgan fingerprint density at radius 2 is 1.56 bits per heavy atom. The molecule has 4 aromatic carbocycles. The van der Waals surface area contributed by atoms with Gasteiger partial charge in [0.25, 0.3) is 0 Å². The lowest BCUT2D eigenvalue weighted by atomic mass is 10.1. The van der Waals surface area contributed by atoms with Gasteiger partial charge in [0.15, 0.2) is 0 Å². The van der Waals surface area contributed by atoms with E-state index in [-0.39, 0.29) is 22.4 Å². The fourth-order valence-corrected chi connectivity index (χ4v) is 5.69. The van der Waals surface area contributed by atoms with Crippen LogP contribution < -0.4 is 10.1 Å². The lowest BCUT2D eigenvalue weighted by Gasteiger charge is -2.18. The number of halogens is 1. The second kappa shape index (κ2) is 13.8. The molecule has 0 bridgehead atoms. The number of aliphatic hydroxyl groups is 1. The fourth-order valence-electron chi connectivity index (χ4n) is 4.23. The van der Waals surface area contributed by atoms with Crippen LogP contribution in [0.2, 0.25) is 5.02 Å². The van der Waals surface area contributed by atoms with E-state index in [2.05, 4.69) is 5.32 Å². The van der Waals surface area contributed by atoms with Gasteiger partial charge in [-0.05, 0) is 98.1 Å². The van der Waals surface area contributed by atoms with Crippen LogP contribution in [0, 0.1) is 0 Å². The number of nitrogens with one attached hydrogen (secondary N) is 1. The van der Waals surface area contributed by atoms with Gasteiger partial charge in [-0.25, -0.2) is 13.2 Å². The third-order valence-corrected chi connectivity index (χ3v) is 8.40. The zero-order valence-electron chi connectivity index (χ0n) is 22.8. The highest BCUT2D eigenvalue weighted by atomic mass is 35.5. The molecule has 2 N–H and O–H groups in total. The Kier molecular flexibility index (Phi) is 10.2. The molecule has 0 heterocycles. The predicted molar refractivity (Wildman–Crippen MR) is 158 cm³/mol. The Bertz CT molecular complexity index is 1570. The molecular formula is C32H32ClNO6S. The molecule has 0 aromatic heterocycles. The molecule has 0 amide bonds. The Labute approximate surface area is 245 Å². The standard InChI is InChI=1S/C32H32ClNO6S/c1-3-39-32(36)25-7-5-9-28(20-25)40-27-12-16-30(17-13-27)41(37,38)29-14-10-23(11-15-29)18-22(2)34-21-31(35)24-6-4-8-26(33)19-24/h4-17,19-20,22,31,34-35H,3,18,21H2,1-2H3/t22-,31+/m1/s1. The molecule has 2 atom stereocenters. The third kappa shape index (κ3) is 8.17. The van der Waals surface area contributed by atoms with Crippen molar-refractivity contribution >= 4 is 27.4 Å². The van der Waals surface area contributed by atoms with Crippen molar-refractivity contribution in [1.29, 1.82) is 0 Å². The van der Waals surface area contributed by atoms with Gasteiger partial charge in [0.05, 0.1) is 28.1 Å². The van der Waals surface area contributed by atoms with E-state index in [1.165, 1.54) is 12.1 Å². The third-order valence-electron chi connectivity index (χ3n) is 6.38. The zero-order valence-corrected chi connectivity index (χ0v) is 24.4. The van der Waals surface area contributed by atoms with E-state index in [9.17, 15) is 18.3 Å². The highest BCUT2D eigenvalue weighted by Crippen LogP contribution is 2.27. The molecule has 0 saturated heterocycles. The van der Waals surface area contributed by atoms with E-state index < -0.39 is 21.9 Å². The van der Waals surface area contributed by atoms with Crippen LogP contribution in [0.4, 0.5) is 0 Å². The second-order valence-corrected chi connectivity index (χ2v) is 11.9. The van der Waals surface area contributed by atoms with Gasteiger partial charge in [-0.3, -0.25) is 0 Å². The maximum Gasteiger partial charge on any atom is 0.338 e. The van der Waals surface area contributed by atoms with Crippen molar-refractivity contribution in [2.75, 3.05) is 13.2 Å². The number of carbonyl (C=O) groups is 1. The zero-order chi connectivity index (χ0) is 29.4. The molecule has 7 nitrogen and oxygen atoms in total. The van der Waals surface area contributed by atoms with Gasteiger partial charge < -0.3 is 19.9 Å². The fraction of sp³-hybridized carbons (Fsp3) is 0.219. The van der Waals surface area contributed by atoms with E-state index in [4.69, 9.17) is 21.1 Å². The number of esters is 1. The molecule has 0 aliphatic rings. The molecule has 4 aromatic rings. The molecule has 0 fully saturated rings. The largest absolute Gasteiger partial charge is 0.462 e. The molecule has 0 saturated carbocycles. The molecule has 9 heteroatoms. The van der Waals surface area contributed by atoms with Crippen LogP contribution in [0.25, 0.3) is 0 Å². The topological polar surface area (TPSA) is 102 Å². The minimum Gasteiger partial charge on any atom is -0.462 e. The Morgan fingerprint density at radius 3 is 2.22 bits per heavy atom. The monoisotopic (exact) mass is 593 g/mol. The maximum atomic E-state index is 13.2. The van der Waals surface area contributed by atoms with Crippen molar-refractivity contribution in [3.8, 4) is 11.5 Å². The number of hydrogen-bond donors (Lipinski definition) is 2. The summed E-state index contributed by atoms with van der Waals surface area (Å²) in [7, 11) is -3.73. The summed E-state index contributed by atoms with van der Waals surface area (Å²) in [6, 6.07) is 26.7. The van der Waals surface area contributed by atoms with Crippen LogP contribution in [0.1, 0.15) is 41.4 Å². The van der Waals surface area contributed by atoms with Crippen molar-refractivity contribution in [1.82, 2.24) is 5.32 Å². The number of hydrogen-bond acceptors (Lipinski definition) is 7. The van der Waals surface area contributed by atoms with Crippen molar-refractivity contribution in [3.05, 3.63) is 119 Å². The summed E-state index contributed by atoms with van der Waals surface area (Å²) >= 11 is 6.01. The van der Waals surface area contributed by atoms with E-state index >= 15 is 0 Å². The molecule has 0 radical (unpaired) electrons. The molecule has 41 heavy (non-hydrogen) atoms. The average molecular weight is 594 g/mol. The normalized spacial score (nSPS) is 12.9. The lowest BCUT2D eigenvalue weighted by molar-refractivity contribution is 0.0526. The summed E-state index contributed by atoms with van der Waals surface area (Å²) in [5.74, 6) is 0.426. The number of ether oxygens (including phenoxy) is 2. The average Bonchev–Trinajstić information content (AvgIpc) is 2.97. The first-order valence-corrected chi connectivity index (χ1v) is 15.1. The van der Waals surface area contributed by atoms with Gasteiger partial charge >= 0.3 is 5.97 Å². The second-order valence-electron chi connectivity index (χ2n) is 9.55. The Balaban J connectivity index is 1.35. The van der Waals surface area contributed by atoms with Crippen molar-refractivity contribution in [2.24, 2.45) is 0 Å². The quantitative estimate of drug-likeness (QED) is 0.183. The smallest absolute Gasteiger partial charge is 0.338 e. The van der Waals surface area contributed by atoms with Crippen LogP contribution in [0.5, 0.6) is 11.5 Å². The first-order valence-electron chi connectivity index (χ1n) is 13.2. The summed E-state index contributed by atoms with van der Waals surface area (Å²) in [5, 5.41) is 14.3. The van der Waals surface area contributed by atoms with E-state index in [0.29, 0.717) is 35.1 Å². The van der Waals surface area contributed by atoms with E-state index in [0.717, 1.165) is 11.1 Å². The van der Waals surface area contributed by atoms with Crippen molar-refractivity contribution in [2.45, 2.75) is 42.2 Å². The van der Waals surface area contributed by atoms with Gasteiger partial charge in [-0.15, -0.1) is 0 Å². The van der Waals surface area contributed by atoms with Gasteiger partial charge in [-0.1, -0.05) is 41.9 Å². The summed E-state index contributed by atoms with van der Waals surface area (Å²) < 4.78 is 37.2. The minimum atomic E-state index is -3.73. The highest BCUT2D eigenvalue weighted by Gasteiger charge is 2.18. The summed E-state index contributed by atoms with van der Waals surface area (Å²) in [5.41, 5.74) is 2.08. The van der Waals surface area contributed by atoms with Crippen LogP contribution in [-0.2, 0) is 21.0 Å². The summed E-state index contributed by atoms with van der Waals surface area (Å²) in [6.07, 6.45) is -0.0263. The van der Waals surface area contributed by atoms with Crippen LogP contribution in [0.3, 0.4) is 0 Å². The molecule has 214 valence electrons. The number of sulfone groups is 1. The van der Waals surface area contributed by atoms with E-state index in [1.807, 2.05) is 13.0 Å². The number of aliphatic hydroxyl groups excluding tert-OH is 1. The predicted octanol–water partition coefficient (Wildman–Crippen LogP) is 6.40. The van der Waals surface area contributed by atoms with Crippen LogP contribution >= 0.6 is 11.6 Å². The molecule has 0 unspecified atom stereocenters. The summed E-state index contributed by atoms with van der Waals surface area (Å²) in [6.45, 7) is 4.38. The Hall–Kier alpha value is -3.69. The van der Waals surface area contributed by atoms with Gasteiger partial charge in [0.1, 0.15) is 11.5 Å². The molecule has 4 rings (SSSR count). The lowest BCUT2D eigenvalue weighted by Crippen LogP contribution is -2.32. The van der Waals surface area contributed by atoms with Crippen LogP contribution in [-0.4, -0.2) is 38.7 Å². The first-order chi connectivity index (χ1) is 19.7. The number of benzene rings is 4. The Morgan fingerprint density at radius 1 is 0.902 bits per heavy atom. The molecular weight excluding hydrogens is 562 g/mol. The number of rotatable bonds is 12. The van der Waals surface area contributed by atoms with E-state index in [1.54, 1.807) is 85.8 Å². The van der Waals surface area contributed by atoms with Crippen molar-refractivity contribution < 1.29 is 27.8 Å². The molecule has 0 aliphatic heterocycles. The van der Waals surface area contributed by atoms with Gasteiger partial charge in [-0.2, -0.15) is 0 Å². The highest BCUT2D eigenvalue weighted by molar-refractivity contribution is 7.91. The van der Waals surface area contributed by atoms with Crippen molar-refractivity contribution in [3.63, 3.8) is 0 Å². The number of carbonyl (C=O) groups excluding carboxylic acids is 1. The maximum absolute atomic E-state index is 13.2. The minimum absolute atomic E-state index is 0.0526. The van der Waals surface area contributed by atoms with Gasteiger partial charge in [0, 0.05) is 17.6 Å². The molecule has 0 aliphatic carbocycles.